The highest BCUT2D eigenvalue weighted by atomic mass is 16.5. The Labute approximate surface area is 149 Å². The van der Waals surface area contributed by atoms with Gasteiger partial charge in [-0.25, -0.2) is 4.79 Å². The normalized spacial score (nSPS) is 11.0. The van der Waals surface area contributed by atoms with Gasteiger partial charge in [-0.15, -0.1) is 0 Å². The molecule has 134 valence electrons. The van der Waals surface area contributed by atoms with Crippen LogP contribution in [0.2, 0.25) is 0 Å². The summed E-state index contributed by atoms with van der Waals surface area (Å²) >= 11 is 0. The Morgan fingerprint density at radius 2 is 1.80 bits per heavy atom. The summed E-state index contributed by atoms with van der Waals surface area (Å²) in [5, 5.41) is 15.1. The van der Waals surface area contributed by atoms with E-state index in [1.807, 2.05) is 48.5 Å². The summed E-state index contributed by atoms with van der Waals surface area (Å²) in [7, 11) is 1.64. The molecule has 0 saturated carbocycles. The Morgan fingerprint density at radius 3 is 2.48 bits per heavy atom. The van der Waals surface area contributed by atoms with Crippen molar-refractivity contribution >= 4 is 6.03 Å². The molecule has 0 fully saturated rings. The molecule has 3 N–H and O–H groups in total. The fourth-order valence-corrected chi connectivity index (χ4v) is 2.57. The summed E-state index contributed by atoms with van der Waals surface area (Å²) in [5.74, 6) is 0.802. The minimum atomic E-state index is -0.233. The van der Waals surface area contributed by atoms with Crippen LogP contribution in [0, 0.1) is 0 Å². The van der Waals surface area contributed by atoms with Crippen LogP contribution in [0.15, 0.2) is 48.5 Å². The van der Waals surface area contributed by atoms with E-state index in [-0.39, 0.29) is 18.1 Å². The van der Waals surface area contributed by atoms with E-state index in [9.17, 15) is 9.90 Å². The Balaban J connectivity index is 1.90. The minimum absolute atomic E-state index is 0.0393. The molecule has 0 radical (unpaired) electrons. The van der Waals surface area contributed by atoms with Gasteiger partial charge in [-0.05, 0) is 28.8 Å². The zero-order chi connectivity index (χ0) is 18.3. The highest BCUT2D eigenvalue weighted by Gasteiger charge is 2.22. The lowest BCUT2D eigenvalue weighted by Crippen LogP contribution is -2.42. The third-order valence-corrected chi connectivity index (χ3v) is 4.27. The average Bonchev–Trinajstić information content (AvgIpc) is 2.65. The van der Waals surface area contributed by atoms with Crippen molar-refractivity contribution in [2.75, 3.05) is 13.7 Å². The van der Waals surface area contributed by atoms with Crippen molar-refractivity contribution in [2.45, 2.75) is 32.4 Å². The molecule has 0 aromatic heterocycles. The fourth-order valence-electron chi connectivity index (χ4n) is 2.57. The van der Waals surface area contributed by atoms with Crippen LogP contribution in [0.4, 0.5) is 4.79 Å². The number of methoxy groups -OCH3 is 1. The number of hydrogen-bond donors (Lipinski definition) is 3. The highest BCUT2D eigenvalue weighted by Crippen LogP contribution is 2.25. The first kappa shape index (κ1) is 18.8. The van der Waals surface area contributed by atoms with Crippen molar-refractivity contribution < 1.29 is 14.6 Å². The summed E-state index contributed by atoms with van der Waals surface area (Å²) in [6, 6.07) is 15.1. The molecule has 0 heterocycles. The number of nitrogens with one attached hydrogen (secondary N) is 2. The maximum atomic E-state index is 12.1. The first-order valence-electron chi connectivity index (χ1n) is 8.30. The van der Waals surface area contributed by atoms with Gasteiger partial charge in [0, 0.05) is 18.5 Å². The van der Waals surface area contributed by atoms with Crippen LogP contribution in [0.5, 0.6) is 5.75 Å². The van der Waals surface area contributed by atoms with Gasteiger partial charge in [-0.2, -0.15) is 0 Å². The monoisotopic (exact) mass is 342 g/mol. The van der Waals surface area contributed by atoms with Crippen molar-refractivity contribution in [3.05, 3.63) is 65.2 Å². The molecule has 2 aromatic carbocycles. The molecular formula is C20H26N2O3. The highest BCUT2D eigenvalue weighted by molar-refractivity contribution is 5.74. The van der Waals surface area contributed by atoms with E-state index in [0.717, 1.165) is 22.4 Å². The van der Waals surface area contributed by atoms with E-state index in [1.54, 1.807) is 7.11 Å². The van der Waals surface area contributed by atoms with Gasteiger partial charge >= 0.3 is 6.03 Å². The Morgan fingerprint density at radius 1 is 1.08 bits per heavy atom. The molecule has 5 heteroatoms. The Hall–Kier alpha value is -2.53. The van der Waals surface area contributed by atoms with Crippen molar-refractivity contribution in [1.29, 1.82) is 0 Å². The van der Waals surface area contributed by atoms with Gasteiger partial charge in [-0.3, -0.25) is 0 Å². The minimum Gasteiger partial charge on any atom is -0.497 e. The quantitative estimate of drug-likeness (QED) is 0.724. The van der Waals surface area contributed by atoms with E-state index in [4.69, 9.17) is 4.74 Å². The molecule has 0 aliphatic heterocycles. The van der Waals surface area contributed by atoms with Gasteiger partial charge in [0.15, 0.2) is 0 Å². The summed E-state index contributed by atoms with van der Waals surface area (Å²) < 4.78 is 5.26. The van der Waals surface area contributed by atoms with Gasteiger partial charge in [-0.1, -0.05) is 50.2 Å². The molecule has 2 rings (SSSR count). The molecule has 2 amide bonds. The molecular weight excluding hydrogens is 316 g/mol. The Bertz CT molecular complexity index is 714. The molecule has 0 bridgehead atoms. The third kappa shape index (κ3) is 5.22. The molecule has 0 spiro atoms. The third-order valence-electron chi connectivity index (χ3n) is 4.27. The average molecular weight is 342 g/mol. The number of carbonyl (C=O) groups is 1. The van der Waals surface area contributed by atoms with E-state index in [0.29, 0.717) is 13.1 Å². The van der Waals surface area contributed by atoms with E-state index in [2.05, 4.69) is 24.5 Å². The summed E-state index contributed by atoms with van der Waals surface area (Å²) in [4.78, 5) is 12.1. The first-order chi connectivity index (χ1) is 12.0. The second-order valence-electron chi connectivity index (χ2n) is 6.58. The number of carbonyl (C=O) groups excluding carboxylic acids is 1. The largest absolute Gasteiger partial charge is 0.497 e. The van der Waals surface area contributed by atoms with Gasteiger partial charge in [0.2, 0.25) is 0 Å². The van der Waals surface area contributed by atoms with Gasteiger partial charge in [0.25, 0.3) is 0 Å². The number of amides is 2. The molecule has 0 aliphatic carbocycles. The van der Waals surface area contributed by atoms with Crippen molar-refractivity contribution in [1.82, 2.24) is 10.6 Å². The lowest BCUT2D eigenvalue weighted by molar-refractivity contribution is 0.237. The van der Waals surface area contributed by atoms with Crippen LogP contribution in [0.3, 0.4) is 0 Å². The molecule has 0 saturated heterocycles. The van der Waals surface area contributed by atoms with Gasteiger partial charge < -0.3 is 20.5 Å². The molecule has 5 nitrogen and oxygen atoms in total. The fraction of sp³-hybridized carbons (Fsp3) is 0.350. The SMILES string of the molecule is COc1cccc(C(C)(C)CNC(=O)NCc2ccccc2CO)c1. The van der Waals surface area contributed by atoms with E-state index >= 15 is 0 Å². The van der Waals surface area contributed by atoms with Crippen LogP contribution in [0.25, 0.3) is 0 Å². The van der Waals surface area contributed by atoms with E-state index in [1.165, 1.54) is 0 Å². The second kappa shape index (κ2) is 8.53. The van der Waals surface area contributed by atoms with Crippen molar-refractivity contribution in [3.8, 4) is 5.75 Å². The number of rotatable bonds is 7. The van der Waals surface area contributed by atoms with Crippen LogP contribution < -0.4 is 15.4 Å². The second-order valence-corrected chi connectivity index (χ2v) is 6.58. The summed E-state index contributed by atoms with van der Waals surface area (Å²) in [6.07, 6.45) is 0. The zero-order valence-electron chi connectivity index (χ0n) is 15.0. The van der Waals surface area contributed by atoms with Crippen molar-refractivity contribution in [3.63, 3.8) is 0 Å². The van der Waals surface area contributed by atoms with Crippen molar-refractivity contribution in [2.24, 2.45) is 0 Å². The topological polar surface area (TPSA) is 70.6 Å². The molecule has 0 atom stereocenters. The zero-order valence-corrected chi connectivity index (χ0v) is 15.0. The smallest absolute Gasteiger partial charge is 0.315 e. The molecule has 2 aromatic rings. The van der Waals surface area contributed by atoms with Gasteiger partial charge in [0.05, 0.1) is 13.7 Å². The molecule has 0 unspecified atom stereocenters. The number of ether oxygens (including phenoxy) is 1. The number of aliphatic hydroxyl groups excluding tert-OH is 1. The Kier molecular flexibility index (Phi) is 6.42. The van der Waals surface area contributed by atoms with Crippen LogP contribution in [-0.4, -0.2) is 24.8 Å². The lowest BCUT2D eigenvalue weighted by atomic mass is 9.84. The number of benzene rings is 2. The van der Waals surface area contributed by atoms with Crippen LogP contribution >= 0.6 is 0 Å². The van der Waals surface area contributed by atoms with Crippen LogP contribution in [-0.2, 0) is 18.6 Å². The lowest BCUT2D eigenvalue weighted by Gasteiger charge is -2.26. The molecule has 25 heavy (non-hydrogen) atoms. The molecule has 0 aliphatic rings. The number of hydrogen-bond acceptors (Lipinski definition) is 3. The summed E-state index contributed by atoms with van der Waals surface area (Å²) in [6.45, 7) is 4.98. The standard InChI is InChI=1S/C20H26N2O3/c1-20(2,17-9-6-10-18(11-17)25-3)14-22-19(24)21-12-15-7-4-5-8-16(15)13-23/h4-11,23H,12-14H2,1-3H3,(H2,21,22,24). The van der Waals surface area contributed by atoms with Crippen LogP contribution in [0.1, 0.15) is 30.5 Å². The maximum Gasteiger partial charge on any atom is 0.315 e. The predicted octanol–water partition coefficient (Wildman–Crippen LogP) is 2.96. The van der Waals surface area contributed by atoms with E-state index < -0.39 is 0 Å². The first-order valence-corrected chi connectivity index (χ1v) is 8.30. The maximum absolute atomic E-state index is 12.1. The number of urea groups is 1. The predicted molar refractivity (Wildman–Crippen MR) is 98.6 cm³/mol. The summed E-state index contributed by atoms with van der Waals surface area (Å²) in [5.41, 5.74) is 2.60. The van der Waals surface area contributed by atoms with Gasteiger partial charge in [0.1, 0.15) is 5.75 Å². The number of aliphatic hydroxyl groups is 1.